The van der Waals surface area contributed by atoms with Crippen LogP contribution in [0.2, 0.25) is 0 Å². The van der Waals surface area contributed by atoms with Crippen molar-refractivity contribution in [3.8, 4) is 28.2 Å². The number of carbonyl (C=O) groups is 1. The molecule has 0 radical (unpaired) electrons. The third-order valence-electron chi connectivity index (χ3n) is 5.24. The van der Waals surface area contributed by atoms with E-state index >= 15 is 0 Å². The molecule has 0 saturated carbocycles. The fraction of sp³-hybridized carbons (Fsp3) is 0.0800. The molecule has 0 bridgehead atoms. The first kappa shape index (κ1) is 19.7. The summed E-state index contributed by atoms with van der Waals surface area (Å²) in [5.74, 6) is -0.227. The van der Waals surface area contributed by atoms with Gasteiger partial charge in [0.05, 0.1) is 29.2 Å². The molecule has 0 atom stereocenters. The van der Waals surface area contributed by atoms with Crippen molar-refractivity contribution in [2.45, 2.75) is 13.3 Å². The van der Waals surface area contributed by atoms with Crippen LogP contribution in [0.1, 0.15) is 17.7 Å². The standard InChI is InChI=1S/C25H18FN3O3/c1-14-9-24(32-29-14)16-6-4-5-15(10-16)20-13-25(31)28-21-11-18(23(30)12-22(21)27-20)17-7-2-3-8-19(17)26/h2-12,30H,13H2,1H3,(H,28,31). The SMILES string of the molecule is Cc1cc(-c2cccc(C3=Nc4cc(O)c(-c5ccccc5F)cc4NC(=O)C3)c2)on1. The molecule has 5 rings (SSSR count). The average Bonchev–Trinajstić information content (AvgIpc) is 3.14. The second-order valence-corrected chi connectivity index (χ2v) is 7.56. The summed E-state index contributed by atoms with van der Waals surface area (Å²) >= 11 is 0. The number of halogens is 1. The zero-order valence-corrected chi connectivity index (χ0v) is 17.1. The van der Waals surface area contributed by atoms with Crippen LogP contribution in [0.3, 0.4) is 0 Å². The maximum absolute atomic E-state index is 14.3. The Balaban J connectivity index is 1.59. The molecular formula is C25H18FN3O3. The van der Waals surface area contributed by atoms with Gasteiger partial charge in [-0.2, -0.15) is 0 Å². The number of rotatable bonds is 3. The Bertz CT molecular complexity index is 1390. The van der Waals surface area contributed by atoms with Gasteiger partial charge >= 0.3 is 0 Å². The van der Waals surface area contributed by atoms with E-state index in [4.69, 9.17) is 4.52 Å². The van der Waals surface area contributed by atoms with Crippen LogP contribution in [0.5, 0.6) is 5.75 Å². The molecule has 0 saturated heterocycles. The minimum Gasteiger partial charge on any atom is -0.507 e. The van der Waals surface area contributed by atoms with Gasteiger partial charge in [0, 0.05) is 28.8 Å². The molecule has 3 aromatic carbocycles. The number of hydrogen-bond acceptors (Lipinski definition) is 5. The fourth-order valence-electron chi connectivity index (χ4n) is 3.71. The van der Waals surface area contributed by atoms with Crippen molar-refractivity contribution < 1.29 is 18.8 Å². The minimum absolute atomic E-state index is 0.0450. The van der Waals surface area contributed by atoms with Crippen LogP contribution in [-0.2, 0) is 4.79 Å². The normalized spacial score (nSPS) is 13.2. The number of aromatic nitrogens is 1. The number of anilines is 1. The quantitative estimate of drug-likeness (QED) is 0.415. The molecule has 1 aliphatic heterocycles. The first-order chi connectivity index (χ1) is 15.5. The van der Waals surface area contributed by atoms with Gasteiger partial charge in [0.25, 0.3) is 0 Å². The summed E-state index contributed by atoms with van der Waals surface area (Å²) in [5, 5.41) is 17.3. The largest absolute Gasteiger partial charge is 0.507 e. The van der Waals surface area contributed by atoms with Crippen molar-refractivity contribution in [3.05, 3.63) is 83.8 Å². The van der Waals surface area contributed by atoms with Crippen molar-refractivity contribution in [1.29, 1.82) is 0 Å². The molecule has 32 heavy (non-hydrogen) atoms. The molecule has 1 aromatic heterocycles. The number of fused-ring (bicyclic) bond motifs is 1. The summed E-state index contributed by atoms with van der Waals surface area (Å²) in [6.45, 7) is 1.84. The van der Waals surface area contributed by atoms with Crippen LogP contribution in [0.25, 0.3) is 22.5 Å². The predicted molar refractivity (Wildman–Crippen MR) is 120 cm³/mol. The number of aryl methyl sites for hydroxylation is 1. The Labute approximate surface area is 183 Å². The Morgan fingerprint density at radius 3 is 2.59 bits per heavy atom. The number of hydrogen-bond donors (Lipinski definition) is 2. The van der Waals surface area contributed by atoms with E-state index in [-0.39, 0.29) is 29.2 Å². The second kappa shape index (κ2) is 7.77. The lowest BCUT2D eigenvalue weighted by Crippen LogP contribution is -2.15. The highest BCUT2D eigenvalue weighted by atomic mass is 19.1. The highest BCUT2D eigenvalue weighted by molar-refractivity contribution is 6.17. The van der Waals surface area contributed by atoms with Crippen LogP contribution in [-0.4, -0.2) is 21.9 Å². The summed E-state index contributed by atoms with van der Waals surface area (Å²) in [7, 11) is 0. The Kier molecular flexibility index (Phi) is 4.78. The van der Waals surface area contributed by atoms with Crippen LogP contribution in [0.4, 0.5) is 15.8 Å². The van der Waals surface area contributed by atoms with Gasteiger partial charge in [-0.25, -0.2) is 9.38 Å². The molecule has 0 aliphatic carbocycles. The lowest BCUT2D eigenvalue weighted by molar-refractivity contribution is -0.115. The number of carbonyl (C=O) groups excluding carboxylic acids is 1. The monoisotopic (exact) mass is 427 g/mol. The molecule has 2 N–H and O–H groups in total. The molecule has 158 valence electrons. The average molecular weight is 427 g/mol. The van der Waals surface area contributed by atoms with Gasteiger partial charge in [-0.3, -0.25) is 4.79 Å². The lowest BCUT2D eigenvalue weighted by Gasteiger charge is -2.11. The number of nitrogens with zero attached hydrogens (tertiary/aromatic N) is 2. The van der Waals surface area contributed by atoms with Crippen molar-refractivity contribution in [2.75, 3.05) is 5.32 Å². The van der Waals surface area contributed by atoms with E-state index in [1.807, 2.05) is 37.3 Å². The Morgan fingerprint density at radius 2 is 1.81 bits per heavy atom. The molecule has 0 fully saturated rings. The number of benzene rings is 3. The number of aliphatic imine (C=N–C) groups is 1. The van der Waals surface area contributed by atoms with E-state index in [1.165, 1.54) is 12.1 Å². The van der Waals surface area contributed by atoms with E-state index in [2.05, 4.69) is 15.5 Å². The van der Waals surface area contributed by atoms with Gasteiger partial charge in [0.1, 0.15) is 11.6 Å². The molecule has 0 spiro atoms. The smallest absolute Gasteiger partial charge is 0.230 e. The van der Waals surface area contributed by atoms with E-state index in [0.29, 0.717) is 22.8 Å². The van der Waals surface area contributed by atoms with E-state index in [9.17, 15) is 14.3 Å². The maximum Gasteiger partial charge on any atom is 0.230 e. The zero-order valence-electron chi connectivity index (χ0n) is 17.1. The molecule has 6 nitrogen and oxygen atoms in total. The van der Waals surface area contributed by atoms with E-state index in [1.54, 1.807) is 24.3 Å². The summed E-state index contributed by atoms with van der Waals surface area (Å²) < 4.78 is 19.6. The van der Waals surface area contributed by atoms with Crippen molar-refractivity contribution >= 4 is 23.0 Å². The summed E-state index contributed by atoms with van der Waals surface area (Å²) in [6.07, 6.45) is 0.0450. The number of phenols is 1. The van der Waals surface area contributed by atoms with Crippen molar-refractivity contribution in [3.63, 3.8) is 0 Å². The summed E-state index contributed by atoms with van der Waals surface area (Å²) in [6, 6.07) is 18.4. The third-order valence-corrected chi connectivity index (χ3v) is 5.24. The number of amides is 1. The molecule has 2 heterocycles. The zero-order chi connectivity index (χ0) is 22.2. The summed E-state index contributed by atoms with van der Waals surface area (Å²) in [4.78, 5) is 17.3. The number of phenolic OH excluding ortho intramolecular Hbond substituents is 1. The first-order valence-corrected chi connectivity index (χ1v) is 10.0. The minimum atomic E-state index is -0.466. The van der Waals surface area contributed by atoms with Crippen LogP contribution in [0, 0.1) is 12.7 Å². The Hall–Kier alpha value is -4.26. The topological polar surface area (TPSA) is 87.7 Å². The Morgan fingerprint density at radius 1 is 1.00 bits per heavy atom. The molecule has 4 aromatic rings. The van der Waals surface area contributed by atoms with Gasteiger partial charge in [0.15, 0.2) is 5.76 Å². The molecule has 7 heteroatoms. The van der Waals surface area contributed by atoms with E-state index < -0.39 is 5.82 Å². The van der Waals surface area contributed by atoms with E-state index in [0.717, 1.165) is 16.8 Å². The predicted octanol–water partition coefficient (Wildman–Crippen LogP) is 5.62. The van der Waals surface area contributed by atoms with Crippen molar-refractivity contribution in [1.82, 2.24) is 5.16 Å². The van der Waals surface area contributed by atoms with Crippen LogP contribution < -0.4 is 5.32 Å². The lowest BCUT2D eigenvalue weighted by atomic mass is 10.0. The molecule has 0 unspecified atom stereocenters. The number of aromatic hydroxyl groups is 1. The second-order valence-electron chi connectivity index (χ2n) is 7.56. The third kappa shape index (κ3) is 3.65. The molecule has 1 amide bonds. The fourth-order valence-corrected chi connectivity index (χ4v) is 3.71. The molecular weight excluding hydrogens is 409 g/mol. The molecule has 1 aliphatic rings. The summed E-state index contributed by atoms with van der Waals surface area (Å²) in [5.41, 5.74) is 4.19. The van der Waals surface area contributed by atoms with Gasteiger partial charge in [-0.15, -0.1) is 0 Å². The number of nitrogens with one attached hydrogen (secondary N) is 1. The van der Waals surface area contributed by atoms with Crippen molar-refractivity contribution in [2.24, 2.45) is 4.99 Å². The van der Waals surface area contributed by atoms with Gasteiger partial charge in [-0.05, 0) is 30.7 Å². The first-order valence-electron chi connectivity index (χ1n) is 10.0. The maximum atomic E-state index is 14.3. The van der Waals surface area contributed by atoms with Gasteiger partial charge in [0.2, 0.25) is 5.91 Å². The highest BCUT2D eigenvalue weighted by Crippen LogP contribution is 2.40. The highest BCUT2D eigenvalue weighted by Gasteiger charge is 2.21. The van der Waals surface area contributed by atoms with Crippen LogP contribution >= 0.6 is 0 Å². The van der Waals surface area contributed by atoms with Crippen LogP contribution in [0.15, 0.2) is 76.2 Å². The van der Waals surface area contributed by atoms with Gasteiger partial charge in [-0.1, -0.05) is 41.6 Å². The van der Waals surface area contributed by atoms with Gasteiger partial charge < -0.3 is 14.9 Å².